The molecule has 1 atom stereocenters. The highest BCUT2D eigenvalue weighted by molar-refractivity contribution is 6.05. The first-order valence-electron chi connectivity index (χ1n) is 7.37. The zero-order valence-corrected chi connectivity index (χ0v) is 13.2. The molecule has 0 saturated carbocycles. The second-order valence-electron chi connectivity index (χ2n) is 6.01. The van der Waals surface area contributed by atoms with Gasteiger partial charge in [0, 0.05) is 13.5 Å². The number of alkyl halides is 3. The number of hydrogen-bond donors (Lipinski definition) is 0. The normalized spacial score (nSPS) is 18.9. The molecular formula is C16H19F3N2O2. The summed E-state index contributed by atoms with van der Waals surface area (Å²) in [5, 5.41) is 0. The molecule has 0 radical (unpaired) electrons. The van der Waals surface area contributed by atoms with E-state index in [0.29, 0.717) is 5.69 Å². The molecule has 0 aromatic heterocycles. The minimum atomic E-state index is -4.52. The van der Waals surface area contributed by atoms with Gasteiger partial charge in [-0.3, -0.25) is 9.59 Å². The van der Waals surface area contributed by atoms with Crippen molar-refractivity contribution in [2.24, 2.45) is 11.8 Å². The van der Waals surface area contributed by atoms with Crippen LogP contribution in [0.25, 0.3) is 0 Å². The number of amides is 2. The van der Waals surface area contributed by atoms with Gasteiger partial charge in [-0.1, -0.05) is 26.0 Å². The summed E-state index contributed by atoms with van der Waals surface area (Å²) in [4.78, 5) is 26.8. The highest BCUT2D eigenvalue weighted by Crippen LogP contribution is 2.37. The molecule has 2 amide bonds. The van der Waals surface area contributed by atoms with Crippen LogP contribution in [-0.2, 0) is 9.59 Å². The maximum atomic E-state index is 12.9. The van der Waals surface area contributed by atoms with Crippen LogP contribution in [-0.4, -0.2) is 31.1 Å². The fourth-order valence-corrected chi connectivity index (χ4v) is 2.75. The van der Waals surface area contributed by atoms with E-state index in [1.807, 2.05) is 0 Å². The fraction of sp³-hybridized carbons (Fsp3) is 0.500. The Morgan fingerprint density at radius 3 is 2.30 bits per heavy atom. The number of rotatable bonds is 2. The van der Waals surface area contributed by atoms with Crippen molar-refractivity contribution in [3.8, 4) is 0 Å². The van der Waals surface area contributed by atoms with Crippen LogP contribution in [0.2, 0.25) is 0 Å². The molecule has 1 aromatic rings. The van der Waals surface area contributed by atoms with Crippen LogP contribution < -0.4 is 9.80 Å². The molecule has 0 unspecified atom stereocenters. The first kappa shape index (κ1) is 17.3. The van der Waals surface area contributed by atoms with Gasteiger partial charge in [-0.05, 0) is 18.1 Å². The van der Waals surface area contributed by atoms with Gasteiger partial charge in [0.1, 0.15) is 6.54 Å². The highest BCUT2D eigenvalue weighted by atomic mass is 19.4. The average molecular weight is 328 g/mol. The van der Waals surface area contributed by atoms with Crippen LogP contribution in [0.5, 0.6) is 0 Å². The Morgan fingerprint density at radius 2 is 1.83 bits per heavy atom. The van der Waals surface area contributed by atoms with E-state index in [0.717, 1.165) is 4.90 Å². The minimum Gasteiger partial charge on any atom is -0.310 e. The molecule has 4 nitrogen and oxygen atoms in total. The summed E-state index contributed by atoms with van der Waals surface area (Å²) in [6.45, 7) is 3.60. The number of halogens is 3. The third kappa shape index (κ3) is 3.65. The van der Waals surface area contributed by atoms with Crippen LogP contribution in [0.1, 0.15) is 20.8 Å². The molecule has 1 aromatic carbocycles. The predicted octanol–water partition coefficient (Wildman–Crippen LogP) is 3.22. The lowest BCUT2D eigenvalue weighted by molar-refractivity contribution is -0.135. The largest absolute Gasteiger partial charge is 0.406 e. The Labute approximate surface area is 132 Å². The summed E-state index contributed by atoms with van der Waals surface area (Å²) in [6.07, 6.45) is -4.52. The second kappa shape index (κ2) is 6.22. The molecule has 2 rings (SSSR count). The van der Waals surface area contributed by atoms with Crippen LogP contribution in [0, 0.1) is 11.8 Å². The zero-order chi connectivity index (χ0) is 17.4. The van der Waals surface area contributed by atoms with E-state index in [1.54, 1.807) is 32.0 Å². The SMILES string of the molecule is CC(=O)N1C[C@H](C(C)C)C(=O)N(CC(F)(F)F)c2ccccc21. The van der Waals surface area contributed by atoms with E-state index >= 15 is 0 Å². The second-order valence-corrected chi connectivity index (χ2v) is 6.01. The molecule has 1 aliphatic rings. The lowest BCUT2D eigenvalue weighted by atomic mass is 9.94. The molecule has 126 valence electrons. The number of fused-ring (bicyclic) bond motifs is 1. The number of carbonyl (C=O) groups is 2. The summed E-state index contributed by atoms with van der Waals surface area (Å²) in [7, 11) is 0. The number of para-hydroxylation sites is 2. The van der Waals surface area contributed by atoms with Gasteiger partial charge in [0.15, 0.2) is 0 Å². The molecular weight excluding hydrogens is 309 g/mol. The van der Waals surface area contributed by atoms with Crippen LogP contribution in [0.15, 0.2) is 24.3 Å². The van der Waals surface area contributed by atoms with Gasteiger partial charge in [0.2, 0.25) is 11.8 Å². The fourth-order valence-electron chi connectivity index (χ4n) is 2.75. The molecule has 1 heterocycles. The molecule has 0 saturated heterocycles. The topological polar surface area (TPSA) is 40.6 Å². The lowest BCUT2D eigenvalue weighted by Crippen LogP contribution is -2.44. The maximum absolute atomic E-state index is 12.9. The lowest BCUT2D eigenvalue weighted by Gasteiger charge is -2.27. The minimum absolute atomic E-state index is 0.0806. The van der Waals surface area contributed by atoms with E-state index in [9.17, 15) is 22.8 Å². The molecule has 0 fully saturated rings. The molecule has 23 heavy (non-hydrogen) atoms. The molecule has 0 N–H and O–H groups in total. The number of hydrogen-bond acceptors (Lipinski definition) is 2. The van der Waals surface area contributed by atoms with Crippen molar-refractivity contribution in [2.75, 3.05) is 22.9 Å². The summed E-state index contributed by atoms with van der Waals surface area (Å²) < 4.78 is 38.8. The van der Waals surface area contributed by atoms with Gasteiger partial charge < -0.3 is 9.80 Å². The number of benzene rings is 1. The molecule has 7 heteroatoms. The van der Waals surface area contributed by atoms with Crippen LogP contribution in [0.3, 0.4) is 0 Å². The molecule has 0 spiro atoms. The van der Waals surface area contributed by atoms with Crippen molar-refractivity contribution in [2.45, 2.75) is 26.9 Å². The third-order valence-corrected chi connectivity index (χ3v) is 3.95. The standard InChI is InChI=1S/C16H19F3N2O2/c1-10(2)12-8-20(11(3)22)13-6-4-5-7-14(13)21(15(12)23)9-16(17,18)19/h4-7,10,12H,8-9H2,1-3H3/t12-/m1/s1. The van der Waals surface area contributed by atoms with Crippen molar-refractivity contribution >= 4 is 23.2 Å². The van der Waals surface area contributed by atoms with E-state index in [-0.39, 0.29) is 24.1 Å². The van der Waals surface area contributed by atoms with E-state index < -0.39 is 24.5 Å². The Hall–Kier alpha value is -2.05. The van der Waals surface area contributed by atoms with Gasteiger partial charge in [-0.25, -0.2) is 0 Å². The maximum Gasteiger partial charge on any atom is 0.406 e. The van der Waals surface area contributed by atoms with E-state index in [4.69, 9.17) is 0 Å². The quantitative estimate of drug-likeness (QED) is 0.836. The van der Waals surface area contributed by atoms with Gasteiger partial charge in [0.25, 0.3) is 0 Å². The van der Waals surface area contributed by atoms with Crippen LogP contribution in [0.4, 0.5) is 24.5 Å². The first-order chi connectivity index (χ1) is 10.6. The summed E-state index contributed by atoms with van der Waals surface area (Å²) in [5.74, 6) is -1.78. The van der Waals surface area contributed by atoms with Gasteiger partial charge in [0.05, 0.1) is 17.3 Å². The number of anilines is 2. The number of carbonyl (C=O) groups excluding carboxylic acids is 2. The Kier molecular flexibility index (Phi) is 4.68. The van der Waals surface area contributed by atoms with Crippen molar-refractivity contribution in [3.63, 3.8) is 0 Å². The molecule has 0 aliphatic carbocycles. The van der Waals surface area contributed by atoms with E-state index in [2.05, 4.69) is 0 Å². The van der Waals surface area contributed by atoms with Crippen molar-refractivity contribution < 1.29 is 22.8 Å². The average Bonchev–Trinajstić information content (AvgIpc) is 2.54. The monoisotopic (exact) mass is 328 g/mol. The molecule has 0 bridgehead atoms. The van der Waals surface area contributed by atoms with Gasteiger partial charge in [-0.15, -0.1) is 0 Å². The smallest absolute Gasteiger partial charge is 0.310 e. The van der Waals surface area contributed by atoms with Gasteiger partial charge in [-0.2, -0.15) is 13.2 Å². The zero-order valence-electron chi connectivity index (χ0n) is 13.2. The van der Waals surface area contributed by atoms with Crippen LogP contribution >= 0.6 is 0 Å². The third-order valence-electron chi connectivity index (χ3n) is 3.95. The Balaban J connectivity index is 2.59. The van der Waals surface area contributed by atoms with Crippen molar-refractivity contribution in [3.05, 3.63) is 24.3 Å². The summed E-state index contributed by atoms with van der Waals surface area (Å²) in [6, 6.07) is 6.21. The predicted molar refractivity (Wildman–Crippen MR) is 81.2 cm³/mol. The highest BCUT2D eigenvalue weighted by Gasteiger charge is 2.41. The molecule has 1 aliphatic heterocycles. The van der Waals surface area contributed by atoms with Gasteiger partial charge >= 0.3 is 6.18 Å². The number of nitrogens with zero attached hydrogens (tertiary/aromatic N) is 2. The Morgan fingerprint density at radius 1 is 1.26 bits per heavy atom. The Bertz CT molecular complexity index is 614. The van der Waals surface area contributed by atoms with Crippen molar-refractivity contribution in [1.29, 1.82) is 0 Å². The van der Waals surface area contributed by atoms with Crippen molar-refractivity contribution in [1.82, 2.24) is 0 Å². The first-order valence-corrected chi connectivity index (χ1v) is 7.37. The summed E-state index contributed by atoms with van der Waals surface area (Å²) in [5.41, 5.74) is 0.453. The van der Waals surface area contributed by atoms with E-state index in [1.165, 1.54) is 17.9 Å². The summed E-state index contributed by atoms with van der Waals surface area (Å²) >= 11 is 0.